The van der Waals surface area contributed by atoms with Crippen molar-refractivity contribution < 1.29 is 9.18 Å². The summed E-state index contributed by atoms with van der Waals surface area (Å²) in [6.07, 6.45) is 0.938. The topological polar surface area (TPSA) is 23.6 Å². The van der Waals surface area contributed by atoms with Crippen LogP contribution in [0.5, 0.6) is 0 Å². The fraction of sp³-hybridized carbons (Fsp3) is 0.316. The molecule has 4 heteroatoms. The highest BCUT2D eigenvalue weighted by Crippen LogP contribution is 2.12. The normalized spacial score (nSPS) is 16.1. The largest absolute Gasteiger partial charge is 0.337 e. The zero-order valence-electron chi connectivity index (χ0n) is 13.1. The van der Waals surface area contributed by atoms with Gasteiger partial charge in [-0.1, -0.05) is 36.4 Å². The van der Waals surface area contributed by atoms with Gasteiger partial charge in [0, 0.05) is 38.3 Å². The quantitative estimate of drug-likeness (QED) is 0.869. The molecular formula is C19H21FN2O. The molecule has 0 unspecified atom stereocenters. The second-order valence-corrected chi connectivity index (χ2v) is 5.92. The van der Waals surface area contributed by atoms with Crippen LogP contribution in [0.15, 0.2) is 54.6 Å². The highest BCUT2D eigenvalue weighted by Gasteiger charge is 2.20. The van der Waals surface area contributed by atoms with E-state index in [9.17, 15) is 9.18 Å². The maximum Gasteiger partial charge on any atom is 0.254 e. The fourth-order valence-corrected chi connectivity index (χ4v) is 2.98. The van der Waals surface area contributed by atoms with E-state index in [0.717, 1.165) is 32.6 Å². The van der Waals surface area contributed by atoms with Gasteiger partial charge in [0.2, 0.25) is 0 Å². The van der Waals surface area contributed by atoms with Crippen molar-refractivity contribution in [1.29, 1.82) is 0 Å². The Labute approximate surface area is 136 Å². The molecule has 1 fully saturated rings. The van der Waals surface area contributed by atoms with Crippen molar-refractivity contribution in [2.24, 2.45) is 0 Å². The van der Waals surface area contributed by atoms with Crippen LogP contribution in [0, 0.1) is 5.82 Å². The molecule has 1 aliphatic rings. The number of hydrogen-bond acceptors (Lipinski definition) is 2. The summed E-state index contributed by atoms with van der Waals surface area (Å²) in [5.74, 6) is -0.442. The van der Waals surface area contributed by atoms with Gasteiger partial charge < -0.3 is 4.90 Å². The predicted octanol–water partition coefficient (Wildman–Crippen LogP) is 3.17. The Morgan fingerprint density at radius 3 is 2.57 bits per heavy atom. The molecule has 0 spiro atoms. The maximum absolute atomic E-state index is 13.3. The smallest absolute Gasteiger partial charge is 0.254 e. The Morgan fingerprint density at radius 2 is 1.78 bits per heavy atom. The molecule has 23 heavy (non-hydrogen) atoms. The fourth-order valence-electron chi connectivity index (χ4n) is 2.98. The summed E-state index contributed by atoms with van der Waals surface area (Å²) in [5, 5.41) is 0. The van der Waals surface area contributed by atoms with Crippen LogP contribution < -0.4 is 0 Å². The van der Waals surface area contributed by atoms with E-state index >= 15 is 0 Å². The van der Waals surface area contributed by atoms with Gasteiger partial charge in [-0.2, -0.15) is 0 Å². The highest BCUT2D eigenvalue weighted by atomic mass is 19.1. The molecule has 120 valence electrons. The third kappa shape index (κ3) is 4.17. The van der Waals surface area contributed by atoms with Crippen LogP contribution in [-0.4, -0.2) is 41.9 Å². The zero-order chi connectivity index (χ0) is 16.1. The first-order valence-electron chi connectivity index (χ1n) is 8.03. The van der Waals surface area contributed by atoms with Crippen molar-refractivity contribution >= 4 is 5.91 Å². The minimum atomic E-state index is -0.364. The molecule has 3 nitrogen and oxygen atoms in total. The molecule has 1 amide bonds. The number of nitrogens with zero attached hydrogens (tertiary/aromatic N) is 2. The lowest BCUT2D eigenvalue weighted by Gasteiger charge is -2.22. The minimum absolute atomic E-state index is 0.0777. The SMILES string of the molecule is O=C(c1cccc(F)c1)N1CCCN(Cc2ccccc2)CC1. The third-order valence-corrected chi connectivity index (χ3v) is 4.20. The van der Waals surface area contributed by atoms with Crippen molar-refractivity contribution in [3.05, 3.63) is 71.5 Å². The molecule has 3 rings (SSSR count). The summed E-state index contributed by atoms with van der Waals surface area (Å²) in [4.78, 5) is 16.7. The van der Waals surface area contributed by atoms with E-state index in [1.807, 2.05) is 23.1 Å². The Bertz CT molecular complexity index is 659. The van der Waals surface area contributed by atoms with Crippen LogP contribution in [0.1, 0.15) is 22.3 Å². The molecule has 1 heterocycles. The number of benzene rings is 2. The van der Waals surface area contributed by atoms with Gasteiger partial charge in [-0.15, -0.1) is 0 Å². The van der Waals surface area contributed by atoms with E-state index < -0.39 is 0 Å². The molecule has 0 radical (unpaired) electrons. The van der Waals surface area contributed by atoms with Crippen molar-refractivity contribution in [1.82, 2.24) is 9.80 Å². The van der Waals surface area contributed by atoms with Gasteiger partial charge >= 0.3 is 0 Å². The monoisotopic (exact) mass is 312 g/mol. The molecular weight excluding hydrogens is 291 g/mol. The van der Waals surface area contributed by atoms with E-state index in [1.165, 1.54) is 17.7 Å². The summed E-state index contributed by atoms with van der Waals surface area (Å²) in [6, 6.07) is 16.3. The average Bonchev–Trinajstić information content (AvgIpc) is 2.81. The van der Waals surface area contributed by atoms with Gasteiger partial charge in [0.05, 0.1) is 0 Å². The number of rotatable bonds is 3. The molecule has 0 aromatic heterocycles. The molecule has 0 atom stereocenters. The molecule has 0 saturated carbocycles. The number of halogens is 1. The summed E-state index contributed by atoms with van der Waals surface area (Å²) in [6.45, 7) is 4.13. The third-order valence-electron chi connectivity index (χ3n) is 4.20. The zero-order valence-corrected chi connectivity index (χ0v) is 13.1. The highest BCUT2D eigenvalue weighted by molar-refractivity contribution is 5.94. The second kappa shape index (κ2) is 7.38. The Balaban J connectivity index is 1.61. The lowest BCUT2D eigenvalue weighted by molar-refractivity contribution is 0.0760. The van der Waals surface area contributed by atoms with Crippen molar-refractivity contribution in [2.45, 2.75) is 13.0 Å². The molecule has 0 bridgehead atoms. The number of carbonyl (C=O) groups is 1. The molecule has 0 aliphatic carbocycles. The number of amides is 1. The summed E-state index contributed by atoms with van der Waals surface area (Å²) in [7, 11) is 0. The molecule has 1 saturated heterocycles. The summed E-state index contributed by atoms with van der Waals surface area (Å²) < 4.78 is 13.3. The van der Waals surface area contributed by atoms with Crippen LogP contribution in [0.2, 0.25) is 0 Å². The van der Waals surface area contributed by atoms with Gasteiger partial charge in [0.1, 0.15) is 5.82 Å². The van der Waals surface area contributed by atoms with Gasteiger partial charge in [-0.25, -0.2) is 4.39 Å². The van der Waals surface area contributed by atoms with E-state index in [4.69, 9.17) is 0 Å². The van der Waals surface area contributed by atoms with Crippen molar-refractivity contribution in [3.8, 4) is 0 Å². The van der Waals surface area contributed by atoms with Gasteiger partial charge in [-0.05, 0) is 30.2 Å². The average molecular weight is 312 g/mol. The molecule has 2 aromatic carbocycles. The Morgan fingerprint density at radius 1 is 0.957 bits per heavy atom. The first-order valence-corrected chi connectivity index (χ1v) is 8.03. The van der Waals surface area contributed by atoms with Crippen LogP contribution in [-0.2, 0) is 6.54 Å². The standard InChI is InChI=1S/C19H21FN2O/c20-18-9-4-8-17(14-18)19(23)22-11-5-10-21(12-13-22)15-16-6-2-1-3-7-16/h1-4,6-9,14H,5,10-13,15H2. The lowest BCUT2D eigenvalue weighted by Crippen LogP contribution is -2.35. The predicted molar refractivity (Wildman–Crippen MR) is 88.6 cm³/mol. The molecule has 2 aromatic rings. The summed E-state index contributed by atoms with van der Waals surface area (Å²) in [5.41, 5.74) is 1.72. The van der Waals surface area contributed by atoms with Crippen LogP contribution in [0.3, 0.4) is 0 Å². The van der Waals surface area contributed by atoms with Gasteiger partial charge in [-0.3, -0.25) is 9.69 Å². The molecule has 1 aliphatic heterocycles. The first kappa shape index (κ1) is 15.7. The second-order valence-electron chi connectivity index (χ2n) is 5.92. The van der Waals surface area contributed by atoms with Crippen molar-refractivity contribution in [3.63, 3.8) is 0 Å². The van der Waals surface area contributed by atoms with E-state index in [-0.39, 0.29) is 11.7 Å². The van der Waals surface area contributed by atoms with Gasteiger partial charge in [0.25, 0.3) is 5.91 Å². The van der Waals surface area contributed by atoms with E-state index in [2.05, 4.69) is 17.0 Å². The van der Waals surface area contributed by atoms with Crippen LogP contribution in [0.25, 0.3) is 0 Å². The van der Waals surface area contributed by atoms with E-state index in [1.54, 1.807) is 12.1 Å². The first-order chi connectivity index (χ1) is 11.2. The van der Waals surface area contributed by atoms with Gasteiger partial charge in [0.15, 0.2) is 0 Å². The minimum Gasteiger partial charge on any atom is -0.337 e. The van der Waals surface area contributed by atoms with E-state index in [0.29, 0.717) is 12.1 Å². The molecule has 0 N–H and O–H groups in total. The van der Waals surface area contributed by atoms with Crippen LogP contribution >= 0.6 is 0 Å². The lowest BCUT2D eigenvalue weighted by atomic mass is 10.2. The summed E-state index contributed by atoms with van der Waals surface area (Å²) >= 11 is 0. The number of carbonyl (C=O) groups excluding carboxylic acids is 1. The van der Waals surface area contributed by atoms with Crippen LogP contribution in [0.4, 0.5) is 4.39 Å². The Kier molecular flexibility index (Phi) is 5.03. The maximum atomic E-state index is 13.3. The number of hydrogen-bond donors (Lipinski definition) is 0. The Hall–Kier alpha value is -2.20. The van der Waals surface area contributed by atoms with Crippen molar-refractivity contribution in [2.75, 3.05) is 26.2 Å².